The minimum Gasteiger partial charge on any atom is -0.487 e. The molecule has 0 amide bonds. The highest BCUT2D eigenvalue weighted by molar-refractivity contribution is 5.59. The van der Waals surface area contributed by atoms with Crippen LogP contribution in [0.5, 0.6) is 5.75 Å². The molecule has 3 rings (SSSR count). The van der Waals surface area contributed by atoms with E-state index in [2.05, 4.69) is 15.6 Å². The minimum absolute atomic E-state index is 0.0469. The molecule has 2 N–H and O–H groups in total. The monoisotopic (exact) mass is 295 g/mol. The lowest BCUT2D eigenvalue weighted by atomic mass is 10.1. The zero-order valence-corrected chi connectivity index (χ0v) is 13.2. The Morgan fingerprint density at radius 1 is 1.48 bits per heavy atom. The van der Waals surface area contributed by atoms with Crippen molar-refractivity contribution in [2.45, 2.75) is 39.3 Å². The van der Waals surface area contributed by atoms with E-state index in [1.807, 2.05) is 26.8 Å². The van der Waals surface area contributed by atoms with Crippen LogP contribution in [0.25, 0.3) is 0 Å². The number of nitrogens with two attached hydrogens (primary N) is 1. The molecule has 0 aliphatic carbocycles. The second-order valence-electron chi connectivity index (χ2n) is 4.49. The van der Waals surface area contributed by atoms with Crippen molar-refractivity contribution in [2.75, 3.05) is 25.1 Å². The van der Waals surface area contributed by atoms with E-state index in [0.29, 0.717) is 19.6 Å². The standard InChI is InChI=1S/C12H14N2O3.C2H6.CH5N/c1-8-2-3-13-12-11(8)16-6-9-4-10(17-7-15)5-14(9)12;2*1-2/h2-3,7,9-10H,4-6H2,1H3;1-2H3;2H2,1H3. The molecule has 0 bridgehead atoms. The van der Waals surface area contributed by atoms with Gasteiger partial charge in [-0.1, -0.05) is 13.8 Å². The van der Waals surface area contributed by atoms with Crippen molar-refractivity contribution < 1.29 is 14.3 Å². The van der Waals surface area contributed by atoms with Crippen molar-refractivity contribution in [1.82, 2.24) is 4.98 Å². The molecule has 1 aromatic rings. The second-order valence-corrected chi connectivity index (χ2v) is 4.49. The number of anilines is 1. The fraction of sp³-hybridized carbons (Fsp3) is 0.600. The summed E-state index contributed by atoms with van der Waals surface area (Å²) in [5.41, 5.74) is 5.59. The van der Waals surface area contributed by atoms with E-state index >= 15 is 0 Å². The molecule has 2 aliphatic heterocycles. The summed E-state index contributed by atoms with van der Waals surface area (Å²) in [6, 6.07) is 2.20. The van der Waals surface area contributed by atoms with Gasteiger partial charge in [0, 0.05) is 12.6 Å². The molecule has 6 nitrogen and oxygen atoms in total. The quantitative estimate of drug-likeness (QED) is 0.833. The summed E-state index contributed by atoms with van der Waals surface area (Å²) in [5, 5.41) is 0. The van der Waals surface area contributed by atoms with Crippen LogP contribution in [-0.2, 0) is 9.53 Å². The first-order valence-electron chi connectivity index (χ1n) is 7.31. The highest BCUT2D eigenvalue weighted by Gasteiger charge is 2.39. The molecule has 2 atom stereocenters. The van der Waals surface area contributed by atoms with Gasteiger partial charge in [-0.25, -0.2) is 4.98 Å². The number of ether oxygens (including phenoxy) is 2. The highest BCUT2D eigenvalue weighted by atomic mass is 16.5. The summed E-state index contributed by atoms with van der Waals surface area (Å²) in [6.45, 7) is 7.87. The number of carbonyl (C=O) groups excluding carboxylic acids is 1. The Bertz CT molecular complexity index is 454. The second kappa shape index (κ2) is 8.46. The molecule has 2 unspecified atom stereocenters. The van der Waals surface area contributed by atoms with Crippen LogP contribution in [0, 0.1) is 6.92 Å². The number of nitrogens with zero attached hydrogens (tertiary/aromatic N) is 2. The third-order valence-corrected chi connectivity index (χ3v) is 3.40. The van der Waals surface area contributed by atoms with E-state index in [1.54, 1.807) is 6.20 Å². The normalized spacial score (nSPS) is 21.5. The molecule has 1 fully saturated rings. The Labute approximate surface area is 126 Å². The van der Waals surface area contributed by atoms with Crippen LogP contribution >= 0.6 is 0 Å². The average Bonchev–Trinajstić information content (AvgIpc) is 2.95. The van der Waals surface area contributed by atoms with Crippen LogP contribution in [0.15, 0.2) is 12.3 Å². The van der Waals surface area contributed by atoms with Crippen LogP contribution in [-0.4, -0.2) is 43.8 Å². The summed E-state index contributed by atoms with van der Waals surface area (Å²) in [6.07, 6.45) is 2.55. The number of fused-ring (bicyclic) bond motifs is 3. The van der Waals surface area contributed by atoms with Gasteiger partial charge in [0.1, 0.15) is 12.7 Å². The lowest BCUT2D eigenvalue weighted by Crippen LogP contribution is -2.39. The van der Waals surface area contributed by atoms with E-state index in [1.165, 1.54) is 7.05 Å². The summed E-state index contributed by atoms with van der Waals surface area (Å²) in [7, 11) is 1.50. The van der Waals surface area contributed by atoms with Crippen molar-refractivity contribution in [3.8, 4) is 5.75 Å². The zero-order valence-electron chi connectivity index (χ0n) is 13.2. The van der Waals surface area contributed by atoms with E-state index in [-0.39, 0.29) is 12.1 Å². The SMILES string of the molecule is CC.CN.Cc1ccnc2c1OCC1CC(OC=O)CN21. The molecule has 0 spiro atoms. The Morgan fingerprint density at radius 3 is 2.86 bits per heavy atom. The molecule has 2 aliphatic rings. The number of hydrogen-bond donors (Lipinski definition) is 1. The third kappa shape index (κ3) is 3.64. The highest BCUT2D eigenvalue weighted by Crippen LogP contribution is 2.38. The van der Waals surface area contributed by atoms with Crippen molar-refractivity contribution in [3.05, 3.63) is 17.8 Å². The van der Waals surface area contributed by atoms with Gasteiger partial charge in [0.25, 0.3) is 6.47 Å². The lowest BCUT2D eigenvalue weighted by molar-refractivity contribution is -0.132. The smallest absolute Gasteiger partial charge is 0.293 e. The van der Waals surface area contributed by atoms with Gasteiger partial charge >= 0.3 is 0 Å². The predicted octanol–water partition coefficient (Wildman–Crippen LogP) is 1.50. The molecule has 118 valence electrons. The number of hydrogen-bond acceptors (Lipinski definition) is 6. The van der Waals surface area contributed by atoms with Crippen LogP contribution in [0.2, 0.25) is 0 Å². The molecule has 0 radical (unpaired) electrons. The Kier molecular flexibility index (Phi) is 6.94. The van der Waals surface area contributed by atoms with Gasteiger partial charge in [0.15, 0.2) is 11.6 Å². The number of aromatic nitrogens is 1. The van der Waals surface area contributed by atoms with Gasteiger partial charge in [-0.15, -0.1) is 0 Å². The van der Waals surface area contributed by atoms with E-state index in [0.717, 1.165) is 23.6 Å². The molecule has 21 heavy (non-hydrogen) atoms. The number of rotatable bonds is 2. The van der Waals surface area contributed by atoms with Crippen molar-refractivity contribution in [1.29, 1.82) is 0 Å². The molecule has 1 aromatic heterocycles. The summed E-state index contributed by atoms with van der Waals surface area (Å²) in [4.78, 5) is 16.9. The minimum atomic E-state index is -0.0469. The van der Waals surface area contributed by atoms with Gasteiger partial charge < -0.3 is 20.1 Å². The van der Waals surface area contributed by atoms with Crippen LogP contribution in [0.4, 0.5) is 5.82 Å². The van der Waals surface area contributed by atoms with E-state index < -0.39 is 0 Å². The first-order valence-corrected chi connectivity index (χ1v) is 7.31. The van der Waals surface area contributed by atoms with Gasteiger partial charge in [-0.3, -0.25) is 4.79 Å². The van der Waals surface area contributed by atoms with Gasteiger partial charge in [0.2, 0.25) is 0 Å². The Hall–Kier alpha value is -1.82. The van der Waals surface area contributed by atoms with Crippen molar-refractivity contribution in [2.24, 2.45) is 5.73 Å². The van der Waals surface area contributed by atoms with Crippen LogP contribution in [0.1, 0.15) is 25.8 Å². The summed E-state index contributed by atoms with van der Waals surface area (Å²) >= 11 is 0. The van der Waals surface area contributed by atoms with Gasteiger partial charge in [-0.05, 0) is 25.6 Å². The van der Waals surface area contributed by atoms with Crippen molar-refractivity contribution >= 4 is 12.3 Å². The fourth-order valence-electron chi connectivity index (χ4n) is 2.56. The maximum Gasteiger partial charge on any atom is 0.293 e. The maximum absolute atomic E-state index is 10.4. The summed E-state index contributed by atoms with van der Waals surface area (Å²) < 4.78 is 10.8. The number of pyridine rings is 1. The molecular formula is C15H25N3O3. The molecular weight excluding hydrogens is 270 g/mol. The Morgan fingerprint density at radius 2 is 2.19 bits per heavy atom. The lowest BCUT2D eigenvalue weighted by Gasteiger charge is -2.32. The zero-order chi connectivity index (χ0) is 15.8. The van der Waals surface area contributed by atoms with E-state index in [9.17, 15) is 4.79 Å². The Balaban J connectivity index is 0.000000510. The van der Waals surface area contributed by atoms with Crippen molar-refractivity contribution in [3.63, 3.8) is 0 Å². The molecule has 1 saturated heterocycles. The summed E-state index contributed by atoms with van der Waals surface area (Å²) in [5.74, 6) is 1.73. The van der Waals surface area contributed by atoms with Gasteiger partial charge in [-0.2, -0.15) is 0 Å². The topological polar surface area (TPSA) is 77.7 Å². The molecule has 0 saturated carbocycles. The fourth-order valence-corrected chi connectivity index (χ4v) is 2.56. The van der Waals surface area contributed by atoms with E-state index in [4.69, 9.17) is 9.47 Å². The molecule has 0 aromatic carbocycles. The maximum atomic E-state index is 10.4. The first kappa shape index (κ1) is 17.2. The number of aryl methyl sites for hydroxylation is 1. The van der Waals surface area contributed by atoms with Gasteiger partial charge in [0.05, 0.1) is 12.6 Å². The third-order valence-electron chi connectivity index (χ3n) is 3.40. The molecule has 3 heterocycles. The number of carbonyl (C=O) groups is 1. The first-order chi connectivity index (χ1) is 10.3. The van der Waals surface area contributed by atoms with Crippen LogP contribution in [0.3, 0.4) is 0 Å². The van der Waals surface area contributed by atoms with Crippen LogP contribution < -0.4 is 15.4 Å². The molecule has 6 heteroatoms. The predicted molar refractivity (Wildman–Crippen MR) is 82.6 cm³/mol. The largest absolute Gasteiger partial charge is 0.487 e. The average molecular weight is 295 g/mol.